The Hall–Kier alpha value is -2.49. The smallest absolute Gasteiger partial charge is 0.226 e. The van der Waals surface area contributed by atoms with Crippen molar-refractivity contribution in [3.8, 4) is 11.5 Å². The van der Waals surface area contributed by atoms with E-state index in [-0.39, 0.29) is 11.5 Å². The highest BCUT2D eigenvalue weighted by Gasteiger charge is 2.40. The number of carbonyl (C=O) groups excluding carboxylic acids is 1. The van der Waals surface area contributed by atoms with Crippen molar-refractivity contribution in [2.24, 2.45) is 0 Å². The number of fused-ring (bicyclic) bond motifs is 1. The third-order valence-electron chi connectivity index (χ3n) is 5.67. The molecular weight excluding hydrogens is 326 g/mol. The summed E-state index contributed by atoms with van der Waals surface area (Å²) in [4.78, 5) is 14.7. The first-order chi connectivity index (χ1) is 12.7. The Morgan fingerprint density at radius 1 is 1.12 bits per heavy atom. The van der Waals surface area contributed by atoms with Crippen LogP contribution in [0.25, 0.3) is 0 Å². The molecule has 0 atom stereocenters. The Bertz CT molecular complexity index is 793. The van der Waals surface area contributed by atoms with E-state index < -0.39 is 0 Å². The van der Waals surface area contributed by atoms with E-state index in [1.165, 1.54) is 5.56 Å². The fraction of sp³-hybridized carbons (Fsp3) is 0.409. The zero-order valence-corrected chi connectivity index (χ0v) is 15.2. The van der Waals surface area contributed by atoms with Crippen LogP contribution < -0.4 is 9.47 Å². The molecule has 2 aromatic rings. The third-order valence-corrected chi connectivity index (χ3v) is 5.67. The van der Waals surface area contributed by atoms with Crippen LogP contribution in [-0.2, 0) is 17.6 Å². The molecule has 1 amide bonds. The van der Waals surface area contributed by atoms with Gasteiger partial charge in [0.1, 0.15) is 17.1 Å². The van der Waals surface area contributed by atoms with E-state index in [1.54, 1.807) is 7.11 Å². The van der Waals surface area contributed by atoms with Crippen LogP contribution in [0.3, 0.4) is 0 Å². The lowest BCUT2D eigenvalue weighted by molar-refractivity contribution is -0.134. The quantitative estimate of drug-likeness (QED) is 0.848. The van der Waals surface area contributed by atoms with Crippen LogP contribution in [0.15, 0.2) is 48.5 Å². The fourth-order valence-electron chi connectivity index (χ4n) is 4.04. The first-order valence-electron chi connectivity index (χ1n) is 9.35. The first-order valence-corrected chi connectivity index (χ1v) is 9.35. The average molecular weight is 351 g/mol. The molecule has 0 saturated carbocycles. The van der Waals surface area contributed by atoms with Crippen LogP contribution in [0.2, 0.25) is 0 Å². The SMILES string of the molecule is COc1cccc(CC(=O)N2CCC3(CCc4ccccc4O3)CC2)c1. The molecule has 2 heterocycles. The lowest BCUT2D eigenvalue weighted by atomic mass is 9.83. The highest BCUT2D eigenvalue weighted by Crippen LogP contribution is 2.39. The molecule has 4 rings (SSSR count). The van der Waals surface area contributed by atoms with Crippen LogP contribution in [-0.4, -0.2) is 36.6 Å². The van der Waals surface area contributed by atoms with Gasteiger partial charge in [0, 0.05) is 25.9 Å². The number of hydrogen-bond acceptors (Lipinski definition) is 3. The van der Waals surface area contributed by atoms with Gasteiger partial charge in [-0.25, -0.2) is 0 Å². The second-order valence-corrected chi connectivity index (χ2v) is 7.30. The molecule has 0 aromatic heterocycles. The molecule has 1 spiro atoms. The summed E-state index contributed by atoms with van der Waals surface area (Å²) >= 11 is 0. The van der Waals surface area contributed by atoms with Crippen molar-refractivity contribution < 1.29 is 14.3 Å². The number of nitrogens with zero attached hydrogens (tertiary/aromatic N) is 1. The maximum atomic E-state index is 12.7. The molecule has 0 N–H and O–H groups in total. The van der Waals surface area contributed by atoms with E-state index in [4.69, 9.17) is 9.47 Å². The van der Waals surface area contributed by atoms with Gasteiger partial charge in [-0.1, -0.05) is 30.3 Å². The summed E-state index contributed by atoms with van der Waals surface area (Å²) in [6.45, 7) is 1.54. The highest BCUT2D eigenvalue weighted by molar-refractivity contribution is 5.79. The zero-order chi connectivity index (χ0) is 18.0. The molecule has 26 heavy (non-hydrogen) atoms. The number of piperidine rings is 1. The fourth-order valence-corrected chi connectivity index (χ4v) is 4.04. The summed E-state index contributed by atoms with van der Waals surface area (Å²) in [5, 5.41) is 0. The first kappa shape index (κ1) is 17.0. The number of amides is 1. The Kier molecular flexibility index (Phi) is 4.58. The van der Waals surface area contributed by atoms with Gasteiger partial charge in [0.05, 0.1) is 13.5 Å². The van der Waals surface area contributed by atoms with Crippen LogP contribution in [0.5, 0.6) is 11.5 Å². The van der Waals surface area contributed by atoms with E-state index in [1.807, 2.05) is 35.2 Å². The molecule has 1 fully saturated rings. The summed E-state index contributed by atoms with van der Waals surface area (Å²) in [5.41, 5.74) is 2.20. The van der Waals surface area contributed by atoms with E-state index >= 15 is 0 Å². The predicted molar refractivity (Wildman–Crippen MR) is 101 cm³/mol. The van der Waals surface area contributed by atoms with Crippen molar-refractivity contribution in [2.75, 3.05) is 20.2 Å². The molecule has 2 aliphatic rings. The minimum absolute atomic E-state index is 0.0961. The molecule has 2 aromatic carbocycles. The van der Waals surface area contributed by atoms with Gasteiger partial charge in [-0.05, 0) is 42.2 Å². The minimum Gasteiger partial charge on any atom is -0.497 e. The predicted octanol–water partition coefficient (Wildman–Crippen LogP) is 3.62. The lowest BCUT2D eigenvalue weighted by Gasteiger charge is -2.44. The molecule has 4 nitrogen and oxygen atoms in total. The van der Waals surface area contributed by atoms with Crippen molar-refractivity contribution in [1.82, 2.24) is 4.90 Å². The number of methoxy groups -OCH3 is 1. The zero-order valence-electron chi connectivity index (χ0n) is 15.2. The van der Waals surface area contributed by atoms with Crippen LogP contribution in [0, 0.1) is 0 Å². The van der Waals surface area contributed by atoms with Gasteiger partial charge in [-0.15, -0.1) is 0 Å². The molecule has 0 radical (unpaired) electrons. The van der Waals surface area contributed by atoms with Crippen molar-refractivity contribution in [3.05, 3.63) is 59.7 Å². The second-order valence-electron chi connectivity index (χ2n) is 7.30. The largest absolute Gasteiger partial charge is 0.497 e. The van der Waals surface area contributed by atoms with Gasteiger partial charge < -0.3 is 14.4 Å². The monoisotopic (exact) mass is 351 g/mol. The summed E-state index contributed by atoms with van der Waals surface area (Å²) in [5.74, 6) is 2.00. The second kappa shape index (κ2) is 7.02. The van der Waals surface area contributed by atoms with Crippen molar-refractivity contribution >= 4 is 5.91 Å². The summed E-state index contributed by atoms with van der Waals surface area (Å²) in [7, 11) is 1.65. The van der Waals surface area contributed by atoms with Gasteiger partial charge in [0.2, 0.25) is 5.91 Å². The van der Waals surface area contributed by atoms with Gasteiger partial charge in [-0.3, -0.25) is 4.79 Å². The number of rotatable bonds is 3. The Morgan fingerprint density at radius 2 is 1.92 bits per heavy atom. The molecule has 0 aliphatic carbocycles. The van der Waals surface area contributed by atoms with E-state index in [2.05, 4.69) is 18.2 Å². The van der Waals surface area contributed by atoms with Crippen molar-refractivity contribution in [2.45, 2.75) is 37.7 Å². The van der Waals surface area contributed by atoms with Crippen LogP contribution in [0.4, 0.5) is 0 Å². The number of likely N-dealkylation sites (tertiary alicyclic amines) is 1. The van der Waals surface area contributed by atoms with Gasteiger partial charge >= 0.3 is 0 Å². The van der Waals surface area contributed by atoms with E-state index in [0.29, 0.717) is 6.42 Å². The molecular formula is C22H25NO3. The molecule has 0 unspecified atom stereocenters. The highest BCUT2D eigenvalue weighted by atomic mass is 16.5. The van der Waals surface area contributed by atoms with Crippen molar-refractivity contribution in [1.29, 1.82) is 0 Å². The number of hydrogen-bond donors (Lipinski definition) is 0. The third kappa shape index (κ3) is 3.41. The minimum atomic E-state index is -0.0961. The van der Waals surface area contributed by atoms with E-state index in [9.17, 15) is 4.79 Å². The Balaban J connectivity index is 1.37. The van der Waals surface area contributed by atoms with Gasteiger partial charge in [0.15, 0.2) is 0 Å². The molecule has 136 valence electrons. The number of ether oxygens (including phenoxy) is 2. The number of aryl methyl sites for hydroxylation is 1. The van der Waals surface area contributed by atoms with Gasteiger partial charge in [-0.2, -0.15) is 0 Å². The average Bonchev–Trinajstić information content (AvgIpc) is 2.68. The number of carbonyl (C=O) groups is 1. The van der Waals surface area contributed by atoms with Crippen LogP contribution in [0.1, 0.15) is 30.4 Å². The molecule has 1 saturated heterocycles. The maximum absolute atomic E-state index is 12.7. The van der Waals surface area contributed by atoms with Crippen LogP contribution >= 0.6 is 0 Å². The maximum Gasteiger partial charge on any atom is 0.226 e. The van der Waals surface area contributed by atoms with Gasteiger partial charge in [0.25, 0.3) is 0 Å². The summed E-state index contributed by atoms with van der Waals surface area (Å²) in [6, 6.07) is 16.1. The van der Waals surface area contributed by atoms with E-state index in [0.717, 1.165) is 55.8 Å². The molecule has 0 bridgehead atoms. The standard InChI is InChI=1S/C22H25NO3/c1-25-19-7-4-5-17(15-19)16-21(24)23-13-11-22(12-14-23)10-9-18-6-2-3-8-20(18)26-22/h2-8,15H,9-14,16H2,1H3. The Morgan fingerprint density at radius 3 is 2.73 bits per heavy atom. The molecule has 4 heteroatoms. The molecule has 2 aliphatic heterocycles. The normalized spacial score (nSPS) is 18.1. The summed E-state index contributed by atoms with van der Waals surface area (Å²) in [6.07, 6.45) is 4.35. The Labute approximate surface area is 154 Å². The topological polar surface area (TPSA) is 38.8 Å². The lowest BCUT2D eigenvalue weighted by Crippen LogP contribution is -2.51. The van der Waals surface area contributed by atoms with Crippen molar-refractivity contribution in [3.63, 3.8) is 0 Å². The summed E-state index contributed by atoms with van der Waals surface area (Å²) < 4.78 is 11.6. The number of para-hydroxylation sites is 1. The number of benzene rings is 2.